The van der Waals surface area contributed by atoms with E-state index < -0.39 is 0 Å². The highest BCUT2D eigenvalue weighted by Crippen LogP contribution is 2.23. The van der Waals surface area contributed by atoms with Gasteiger partial charge in [-0.15, -0.1) is 0 Å². The molecule has 3 heteroatoms. The van der Waals surface area contributed by atoms with Crippen LogP contribution in [-0.4, -0.2) is 4.98 Å². The van der Waals surface area contributed by atoms with Crippen molar-refractivity contribution in [1.29, 1.82) is 0 Å². The van der Waals surface area contributed by atoms with Gasteiger partial charge in [0.25, 0.3) is 0 Å². The molecule has 0 spiro atoms. The van der Waals surface area contributed by atoms with E-state index in [2.05, 4.69) is 27.6 Å². The van der Waals surface area contributed by atoms with Crippen LogP contribution in [0.1, 0.15) is 5.69 Å². The summed E-state index contributed by atoms with van der Waals surface area (Å²) in [6.45, 7) is 1.99. The van der Waals surface area contributed by atoms with Gasteiger partial charge >= 0.3 is 0 Å². The van der Waals surface area contributed by atoms with Crippen LogP contribution in [0.3, 0.4) is 0 Å². The number of hydrogen-bond acceptors (Lipinski definition) is 1. The third kappa shape index (κ3) is 1.79. The zero-order valence-electron chi connectivity index (χ0n) is 7.01. The lowest BCUT2D eigenvalue weighted by molar-refractivity contribution is 1.25. The predicted octanol–water partition coefficient (Wildman–Crippen LogP) is 3.80. The number of aromatic nitrogens is 1. The van der Waals surface area contributed by atoms with Crippen molar-refractivity contribution >= 4 is 45.1 Å². The molecule has 0 aliphatic heterocycles. The molecule has 0 aliphatic carbocycles. The minimum absolute atomic E-state index is 0.766. The molecule has 1 aromatic carbocycles. The molecule has 0 fully saturated rings. The summed E-state index contributed by atoms with van der Waals surface area (Å²) in [5.41, 5.74) is 2.07. The second-order valence-corrected chi connectivity index (χ2v) is 4.51. The molecule has 0 radical (unpaired) electrons. The van der Waals surface area contributed by atoms with Crippen molar-refractivity contribution in [3.63, 3.8) is 0 Å². The average molecular weight is 304 g/mol. The third-order valence-corrected chi connectivity index (χ3v) is 2.89. The average Bonchev–Trinajstić information content (AvgIpc) is 2.06. The molecule has 1 aromatic heterocycles. The predicted molar refractivity (Wildman–Crippen MR) is 64.2 cm³/mol. The van der Waals surface area contributed by atoms with E-state index in [-0.39, 0.29) is 0 Å². The number of benzene rings is 1. The van der Waals surface area contributed by atoms with Crippen molar-refractivity contribution in [2.24, 2.45) is 0 Å². The fourth-order valence-electron chi connectivity index (χ4n) is 1.25. The molecule has 13 heavy (non-hydrogen) atoms. The standard InChI is InChI=1S/C10H7ClIN/c1-6-2-3-7-4-8(11)5-9(12)10(7)13-6/h2-5H,1H3. The minimum atomic E-state index is 0.766. The van der Waals surface area contributed by atoms with Crippen LogP contribution in [0.5, 0.6) is 0 Å². The van der Waals surface area contributed by atoms with Gasteiger partial charge in [0.15, 0.2) is 0 Å². The molecule has 1 nitrogen and oxygen atoms in total. The Hall–Kier alpha value is -0.350. The Labute approximate surface area is 95.3 Å². The number of aryl methyl sites for hydroxylation is 1. The maximum absolute atomic E-state index is 5.93. The number of rotatable bonds is 0. The summed E-state index contributed by atoms with van der Waals surface area (Å²) in [6, 6.07) is 7.91. The highest BCUT2D eigenvalue weighted by molar-refractivity contribution is 14.1. The topological polar surface area (TPSA) is 12.9 Å². The first kappa shape index (κ1) is 9.21. The van der Waals surface area contributed by atoms with Gasteiger partial charge in [0.2, 0.25) is 0 Å². The van der Waals surface area contributed by atoms with Gasteiger partial charge in [-0.2, -0.15) is 0 Å². The van der Waals surface area contributed by atoms with Crippen molar-refractivity contribution in [2.45, 2.75) is 6.92 Å². The highest BCUT2D eigenvalue weighted by atomic mass is 127. The second kappa shape index (κ2) is 3.42. The van der Waals surface area contributed by atoms with E-state index in [0.717, 1.165) is 25.2 Å². The molecule has 0 unspecified atom stereocenters. The zero-order chi connectivity index (χ0) is 9.42. The van der Waals surface area contributed by atoms with Crippen LogP contribution in [0.4, 0.5) is 0 Å². The van der Waals surface area contributed by atoms with E-state index in [4.69, 9.17) is 11.6 Å². The lowest BCUT2D eigenvalue weighted by Gasteiger charge is -2.01. The van der Waals surface area contributed by atoms with Crippen LogP contribution < -0.4 is 0 Å². The number of fused-ring (bicyclic) bond motifs is 1. The van der Waals surface area contributed by atoms with Gasteiger partial charge in [-0.3, -0.25) is 4.98 Å². The van der Waals surface area contributed by atoms with Gasteiger partial charge in [-0.1, -0.05) is 17.7 Å². The van der Waals surface area contributed by atoms with E-state index >= 15 is 0 Å². The Morgan fingerprint density at radius 3 is 2.85 bits per heavy atom. The molecule has 66 valence electrons. The normalized spacial score (nSPS) is 10.7. The summed E-state index contributed by atoms with van der Waals surface area (Å²) < 4.78 is 1.10. The Morgan fingerprint density at radius 1 is 1.31 bits per heavy atom. The monoisotopic (exact) mass is 303 g/mol. The first-order valence-corrected chi connectivity index (χ1v) is 5.35. The SMILES string of the molecule is Cc1ccc2cc(Cl)cc(I)c2n1. The maximum Gasteiger partial charge on any atom is 0.0839 e. The van der Waals surface area contributed by atoms with Gasteiger partial charge in [0.05, 0.1) is 5.52 Å². The zero-order valence-corrected chi connectivity index (χ0v) is 9.93. The van der Waals surface area contributed by atoms with Crippen LogP contribution in [0.15, 0.2) is 24.3 Å². The summed E-state index contributed by atoms with van der Waals surface area (Å²) in [6.07, 6.45) is 0. The maximum atomic E-state index is 5.93. The number of pyridine rings is 1. The molecule has 0 saturated carbocycles. The van der Waals surface area contributed by atoms with Gasteiger partial charge in [-0.05, 0) is 47.7 Å². The molecule has 0 amide bonds. The van der Waals surface area contributed by atoms with Crippen LogP contribution in [0.25, 0.3) is 10.9 Å². The molecular formula is C10H7ClIN. The molecule has 0 atom stereocenters. The Bertz CT molecular complexity index is 468. The summed E-state index contributed by atoms with van der Waals surface area (Å²) in [5.74, 6) is 0. The van der Waals surface area contributed by atoms with Crippen molar-refractivity contribution in [3.8, 4) is 0 Å². The second-order valence-electron chi connectivity index (χ2n) is 2.91. The smallest absolute Gasteiger partial charge is 0.0839 e. The number of nitrogens with zero attached hydrogens (tertiary/aromatic N) is 1. The Balaban J connectivity index is 2.87. The summed E-state index contributed by atoms with van der Waals surface area (Å²) in [5, 5.41) is 1.87. The molecule has 1 heterocycles. The molecule has 0 saturated heterocycles. The molecular weight excluding hydrogens is 296 g/mol. The molecule has 0 N–H and O–H groups in total. The highest BCUT2D eigenvalue weighted by Gasteiger charge is 2.01. The lowest BCUT2D eigenvalue weighted by atomic mass is 10.2. The Kier molecular flexibility index (Phi) is 2.43. The van der Waals surface area contributed by atoms with Crippen LogP contribution >= 0.6 is 34.2 Å². The Morgan fingerprint density at radius 2 is 2.08 bits per heavy atom. The van der Waals surface area contributed by atoms with Crippen molar-refractivity contribution in [2.75, 3.05) is 0 Å². The molecule has 2 rings (SSSR count). The van der Waals surface area contributed by atoms with Crippen molar-refractivity contribution in [1.82, 2.24) is 4.98 Å². The van der Waals surface area contributed by atoms with Crippen LogP contribution in [-0.2, 0) is 0 Å². The first-order chi connectivity index (χ1) is 6.16. The summed E-state index contributed by atoms with van der Waals surface area (Å²) in [4.78, 5) is 4.45. The van der Waals surface area contributed by atoms with E-state index in [0.29, 0.717) is 0 Å². The summed E-state index contributed by atoms with van der Waals surface area (Å²) in [7, 11) is 0. The van der Waals surface area contributed by atoms with Crippen molar-refractivity contribution in [3.05, 3.63) is 38.6 Å². The largest absolute Gasteiger partial charge is 0.252 e. The van der Waals surface area contributed by atoms with E-state index in [1.807, 2.05) is 31.2 Å². The van der Waals surface area contributed by atoms with E-state index in [9.17, 15) is 0 Å². The van der Waals surface area contributed by atoms with Crippen LogP contribution in [0, 0.1) is 10.5 Å². The van der Waals surface area contributed by atoms with E-state index in [1.54, 1.807) is 0 Å². The van der Waals surface area contributed by atoms with Gasteiger partial charge < -0.3 is 0 Å². The molecule has 0 aliphatic rings. The number of hydrogen-bond donors (Lipinski definition) is 0. The fourth-order valence-corrected chi connectivity index (χ4v) is 2.43. The van der Waals surface area contributed by atoms with Crippen molar-refractivity contribution < 1.29 is 0 Å². The molecule has 0 bridgehead atoms. The molecule has 2 aromatic rings. The first-order valence-electron chi connectivity index (χ1n) is 3.89. The lowest BCUT2D eigenvalue weighted by Crippen LogP contribution is -1.86. The fraction of sp³-hybridized carbons (Fsp3) is 0.100. The summed E-state index contributed by atoms with van der Waals surface area (Å²) >= 11 is 8.18. The van der Waals surface area contributed by atoms with Gasteiger partial charge in [0, 0.05) is 19.7 Å². The van der Waals surface area contributed by atoms with Crippen LogP contribution in [0.2, 0.25) is 5.02 Å². The van der Waals surface area contributed by atoms with Gasteiger partial charge in [0.1, 0.15) is 0 Å². The number of halogens is 2. The van der Waals surface area contributed by atoms with Gasteiger partial charge in [-0.25, -0.2) is 0 Å². The van der Waals surface area contributed by atoms with E-state index in [1.165, 1.54) is 0 Å². The quantitative estimate of drug-likeness (QED) is 0.675. The third-order valence-electron chi connectivity index (χ3n) is 1.85. The minimum Gasteiger partial charge on any atom is -0.252 e.